The zero-order valence-corrected chi connectivity index (χ0v) is 18.4. The molecule has 1 amide bonds. The number of nitrogen functional groups attached to an aromatic ring is 1. The molecular formula is C22H28N4O5S. The zero-order chi connectivity index (χ0) is 23.6. The number of carboxylic acids is 1. The Hall–Kier alpha value is -3.24. The van der Waals surface area contributed by atoms with E-state index in [9.17, 15) is 23.1 Å². The number of nitrogens with one attached hydrogen (secondary N) is 3. The molecule has 0 unspecified atom stereocenters. The lowest BCUT2D eigenvalue weighted by Gasteiger charge is -2.15. The Bertz CT molecular complexity index is 1020. The monoisotopic (exact) mass is 460 g/mol. The number of hydrogen-bond donors (Lipinski definition) is 5. The first-order chi connectivity index (χ1) is 15.2. The highest BCUT2D eigenvalue weighted by atomic mass is 32.2. The first-order valence-electron chi connectivity index (χ1n) is 10.2. The summed E-state index contributed by atoms with van der Waals surface area (Å²) < 4.78 is 26.7. The summed E-state index contributed by atoms with van der Waals surface area (Å²) in [6.07, 6.45) is 3.38. The summed E-state index contributed by atoms with van der Waals surface area (Å²) >= 11 is 0. The fourth-order valence-corrected chi connectivity index (χ4v) is 4.19. The van der Waals surface area contributed by atoms with Crippen molar-refractivity contribution < 1.29 is 23.1 Å². The molecule has 2 aromatic carbocycles. The molecule has 10 heteroatoms. The number of unbranched alkanes of at least 4 members (excludes halogenated alkanes) is 2. The number of carbonyl (C=O) groups is 2. The average Bonchev–Trinajstić information content (AvgIpc) is 2.77. The maximum Gasteiger partial charge on any atom is 0.323 e. The second-order valence-electron chi connectivity index (χ2n) is 7.30. The molecule has 0 radical (unpaired) electrons. The van der Waals surface area contributed by atoms with E-state index in [-0.39, 0.29) is 29.6 Å². The van der Waals surface area contributed by atoms with E-state index in [1.807, 2.05) is 12.1 Å². The molecule has 172 valence electrons. The van der Waals surface area contributed by atoms with Crippen molar-refractivity contribution in [1.82, 2.24) is 10.0 Å². The predicted octanol–water partition coefficient (Wildman–Crippen LogP) is 1.62. The standard InChI is InChI=1S/C22H28N4O5S/c23-21(24)17-13-11-16(12-14-17)7-3-1-6-10-20(27)25-15-19(22(28)29)26-32(30,31)18-8-4-2-5-9-18/h2,4-5,8-9,11-14,19,26H,1,3,6-7,10,15H2,(H3,23,24)(H,25,27)(H,28,29)/t19-/m0/s1. The Morgan fingerprint density at radius 3 is 2.25 bits per heavy atom. The molecular weight excluding hydrogens is 432 g/mol. The van der Waals surface area contributed by atoms with Crippen molar-refractivity contribution in [3.63, 3.8) is 0 Å². The maximum absolute atomic E-state index is 12.3. The van der Waals surface area contributed by atoms with Gasteiger partial charge in [-0.25, -0.2) is 8.42 Å². The molecule has 0 aromatic heterocycles. The highest BCUT2D eigenvalue weighted by Gasteiger charge is 2.25. The molecule has 2 aromatic rings. The van der Waals surface area contributed by atoms with Gasteiger partial charge in [0.05, 0.1) is 4.90 Å². The summed E-state index contributed by atoms with van der Waals surface area (Å²) in [5.74, 6) is -1.68. The third kappa shape index (κ3) is 8.12. The van der Waals surface area contributed by atoms with Gasteiger partial charge in [0.2, 0.25) is 15.9 Å². The molecule has 0 spiro atoms. The number of rotatable bonds is 13. The fraction of sp³-hybridized carbons (Fsp3) is 0.318. The molecule has 2 rings (SSSR count). The third-order valence-electron chi connectivity index (χ3n) is 4.79. The van der Waals surface area contributed by atoms with Crippen molar-refractivity contribution in [1.29, 1.82) is 5.41 Å². The van der Waals surface area contributed by atoms with Gasteiger partial charge in [-0.3, -0.25) is 15.0 Å². The van der Waals surface area contributed by atoms with E-state index in [4.69, 9.17) is 11.1 Å². The third-order valence-corrected chi connectivity index (χ3v) is 6.27. The topological polar surface area (TPSA) is 162 Å². The molecule has 0 aliphatic rings. The molecule has 6 N–H and O–H groups in total. The Labute approximate surface area is 187 Å². The first kappa shape index (κ1) is 25.0. The van der Waals surface area contributed by atoms with Crippen molar-refractivity contribution in [2.24, 2.45) is 5.73 Å². The SMILES string of the molecule is N=C(N)c1ccc(CCCCCC(=O)NC[C@H](NS(=O)(=O)c2ccccc2)C(=O)O)cc1. The fourth-order valence-electron chi connectivity index (χ4n) is 2.98. The number of sulfonamides is 1. The number of amidine groups is 1. The summed E-state index contributed by atoms with van der Waals surface area (Å²) in [7, 11) is -4.01. The molecule has 32 heavy (non-hydrogen) atoms. The average molecular weight is 461 g/mol. The van der Waals surface area contributed by atoms with Gasteiger partial charge in [-0.2, -0.15) is 4.72 Å². The van der Waals surface area contributed by atoms with Crippen LogP contribution in [0.4, 0.5) is 0 Å². The van der Waals surface area contributed by atoms with E-state index in [1.165, 1.54) is 24.3 Å². The molecule has 0 aliphatic carbocycles. The number of carbonyl (C=O) groups excluding carboxylic acids is 1. The molecule has 0 saturated heterocycles. The highest BCUT2D eigenvalue weighted by Crippen LogP contribution is 2.10. The van der Waals surface area contributed by atoms with Gasteiger partial charge in [-0.05, 0) is 37.0 Å². The Morgan fingerprint density at radius 2 is 1.66 bits per heavy atom. The van der Waals surface area contributed by atoms with E-state index in [0.717, 1.165) is 24.8 Å². The first-order valence-corrected chi connectivity index (χ1v) is 11.7. The van der Waals surface area contributed by atoms with E-state index in [0.29, 0.717) is 12.0 Å². The largest absolute Gasteiger partial charge is 0.480 e. The van der Waals surface area contributed by atoms with Crippen LogP contribution in [0.3, 0.4) is 0 Å². The van der Waals surface area contributed by atoms with Crippen LogP contribution in [0.2, 0.25) is 0 Å². The lowest BCUT2D eigenvalue weighted by molar-refractivity contribution is -0.138. The molecule has 0 bridgehead atoms. The van der Waals surface area contributed by atoms with Gasteiger partial charge >= 0.3 is 5.97 Å². The molecule has 0 heterocycles. The van der Waals surface area contributed by atoms with Crippen molar-refractivity contribution in [2.45, 2.75) is 43.0 Å². The predicted molar refractivity (Wildman–Crippen MR) is 121 cm³/mol. The minimum atomic E-state index is -4.01. The number of amides is 1. The Balaban J connectivity index is 1.71. The van der Waals surface area contributed by atoms with Crippen LogP contribution in [-0.2, 0) is 26.0 Å². The number of aryl methyl sites for hydroxylation is 1. The molecule has 0 aliphatic heterocycles. The second-order valence-corrected chi connectivity index (χ2v) is 9.01. The van der Waals surface area contributed by atoms with Crippen LogP contribution >= 0.6 is 0 Å². The lowest BCUT2D eigenvalue weighted by atomic mass is 10.0. The summed E-state index contributed by atoms with van der Waals surface area (Å²) in [5, 5.41) is 19.2. The summed E-state index contributed by atoms with van der Waals surface area (Å²) in [5.41, 5.74) is 7.22. The van der Waals surface area contributed by atoms with Crippen molar-refractivity contribution >= 4 is 27.7 Å². The van der Waals surface area contributed by atoms with E-state index in [2.05, 4.69) is 10.0 Å². The molecule has 1 atom stereocenters. The summed E-state index contributed by atoms with van der Waals surface area (Å²) in [4.78, 5) is 23.4. The van der Waals surface area contributed by atoms with Gasteiger partial charge in [0.15, 0.2) is 0 Å². The van der Waals surface area contributed by atoms with Crippen LogP contribution in [-0.4, -0.2) is 43.8 Å². The van der Waals surface area contributed by atoms with Crippen LogP contribution in [0.25, 0.3) is 0 Å². The van der Waals surface area contributed by atoms with Crippen molar-refractivity contribution in [3.8, 4) is 0 Å². The van der Waals surface area contributed by atoms with Crippen LogP contribution < -0.4 is 15.8 Å². The van der Waals surface area contributed by atoms with Crippen molar-refractivity contribution in [3.05, 3.63) is 65.7 Å². The summed E-state index contributed by atoms with van der Waals surface area (Å²) in [6.45, 7) is -0.345. The van der Waals surface area contributed by atoms with Gasteiger partial charge in [-0.15, -0.1) is 0 Å². The molecule has 0 saturated carbocycles. The van der Waals surface area contributed by atoms with E-state index < -0.39 is 22.0 Å². The number of hydrogen-bond acceptors (Lipinski definition) is 5. The van der Waals surface area contributed by atoms with Crippen LogP contribution in [0.15, 0.2) is 59.5 Å². The van der Waals surface area contributed by atoms with E-state index in [1.54, 1.807) is 18.2 Å². The number of benzene rings is 2. The van der Waals surface area contributed by atoms with Crippen LogP contribution in [0.5, 0.6) is 0 Å². The highest BCUT2D eigenvalue weighted by molar-refractivity contribution is 7.89. The van der Waals surface area contributed by atoms with Gasteiger partial charge < -0.3 is 16.2 Å². The second kappa shape index (κ2) is 12.0. The Kier molecular flexibility index (Phi) is 9.36. The maximum atomic E-state index is 12.3. The Morgan fingerprint density at radius 1 is 1.00 bits per heavy atom. The molecule has 0 fully saturated rings. The number of aliphatic carboxylic acids is 1. The normalized spacial score (nSPS) is 12.1. The van der Waals surface area contributed by atoms with Crippen LogP contribution in [0, 0.1) is 5.41 Å². The smallest absolute Gasteiger partial charge is 0.323 e. The van der Waals surface area contributed by atoms with Gasteiger partial charge in [-0.1, -0.05) is 48.9 Å². The minimum Gasteiger partial charge on any atom is -0.480 e. The summed E-state index contributed by atoms with van der Waals surface area (Å²) in [6, 6.07) is 13.4. The number of nitrogens with two attached hydrogens (primary N) is 1. The quantitative estimate of drug-likeness (QED) is 0.173. The van der Waals surface area contributed by atoms with Gasteiger partial charge in [0.1, 0.15) is 11.9 Å². The van der Waals surface area contributed by atoms with Gasteiger partial charge in [0, 0.05) is 18.5 Å². The van der Waals surface area contributed by atoms with Gasteiger partial charge in [0.25, 0.3) is 0 Å². The van der Waals surface area contributed by atoms with Crippen molar-refractivity contribution in [2.75, 3.05) is 6.54 Å². The van der Waals surface area contributed by atoms with E-state index >= 15 is 0 Å². The van der Waals surface area contributed by atoms with Crippen LogP contribution in [0.1, 0.15) is 36.8 Å². The lowest BCUT2D eigenvalue weighted by Crippen LogP contribution is -2.48. The zero-order valence-electron chi connectivity index (χ0n) is 17.6. The number of carboxylic acid groups (broad SMARTS) is 1. The minimum absolute atomic E-state index is 0.0283. The molecule has 9 nitrogen and oxygen atoms in total.